The van der Waals surface area contributed by atoms with E-state index in [1.165, 1.54) is 12.3 Å². The van der Waals surface area contributed by atoms with E-state index in [-0.39, 0.29) is 29.9 Å². The monoisotopic (exact) mass is 384 g/mol. The normalized spacial score (nSPS) is 16.5. The first-order valence-corrected chi connectivity index (χ1v) is 9.38. The molecule has 2 amide bonds. The van der Waals surface area contributed by atoms with Crippen molar-refractivity contribution in [3.05, 3.63) is 53.5 Å². The number of ether oxygens (including phenoxy) is 1. The van der Waals surface area contributed by atoms with Crippen molar-refractivity contribution in [2.24, 2.45) is 0 Å². The van der Waals surface area contributed by atoms with Gasteiger partial charge in [0.05, 0.1) is 11.8 Å². The van der Waals surface area contributed by atoms with E-state index in [0.717, 1.165) is 24.8 Å². The van der Waals surface area contributed by atoms with Crippen molar-refractivity contribution in [3.8, 4) is 0 Å². The van der Waals surface area contributed by atoms with Crippen LogP contribution in [-0.2, 0) is 9.53 Å². The van der Waals surface area contributed by atoms with Crippen molar-refractivity contribution in [2.75, 3.05) is 18.5 Å². The van der Waals surface area contributed by atoms with Crippen molar-refractivity contribution in [2.45, 2.75) is 39.2 Å². The lowest BCUT2D eigenvalue weighted by molar-refractivity contribution is -0.137. The second-order valence-corrected chi connectivity index (χ2v) is 6.97. The molecule has 0 unspecified atom stereocenters. The Labute approximate surface area is 163 Å². The fourth-order valence-corrected chi connectivity index (χ4v) is 3.24. The number of hydrogen-bond donors (Lipinski definition) is 1. The van der Waals surface area contributed by atoms with Gasteiger partial charge in [-0.1, -0.05) is 6.07 Å². The highest BCUT2D eigenvalue weighted by molar-refractivity contribution is 6.03. The van der Waals surface area contributed by atoms with Gasteiger partial charge in [-0.05, 0) is 62.9 Å². The highest BCUT2D eigenvalue weighted by atomic mass is 16.5. The molecule has 1 aromatic heterocycles. The molecule has 7 nitrogen and oxygen atoms in total. The molecule has 0 spiro atoms. The summed E-state index contributed by atoms with van der Waals surface area (Å²) in [4.78, 5) is 38.6. The molecule has 1 fully saturated rings. The number of rotatable bonds is 5. The van der Waals surface area contributed by atoms with Crippen molar-refractivity contribution in [1.82, 2.24) is 4.90 Å². The van der Waals surface area contributed by atoms with E-state index in [4.69, 9.17) is 9.15 Å². The first-order valence-electron chi connectivity index (χ1n) is 9.38. The summed E-state index contributed by atoms with van der Waals surface area (Å²) >= 11 is 0. The Morgan fingerprint density at radius 1 is 1.25 bits per heavy atom. The lowest BCUT2D eigenvalue weighted by Gasteiger charge is -2.33. The Kier molecular flexibility index (Phi) is 6.13. The Morgan fingerprint density at radius 2 is 2.07 bits per heavy atom. The highest BCUT2D eigenvalue weighted by Crippen LogP contribution is 2.20. The zero-order chi connectivity index (χ0) is 20.1. The topological polar surface area (TPSA) is 88.9 Å². The molecule has 1 N–H and O–H groups in total. The number of nitrogens with zero attached hydrogens (tertiary/aromatic N) is 1. The van der Waals surface area contributed by atoms with Gasteiger partial charge in [0.2, 0.25) is 0 Å². The van der Waals surface area contributed by atoms with Crippen LogP contribution in [0.4, 0.5) is 5.69 Å². The van der Waals surface area contributed by atoms with E-state index in [0.29, 0.717) is 12.2 Å². The van der Waals surface area contributed by atoms with Crippen LogP contribution in [-0.4, -0.2) is 41.9 Å². The molecule has 148 valence electrons. The number of furan rings is 1. The van der Waals surface area contributed by atoms with Gasteiger partial charge in [0.25, 0.3) is 11.8 Å². The standard InChI is InChI=1S/C21H24N2O5/c1-14-8-9-16(12-17(14)22-20(25)18-7-5-11-27-18)21(26)28-13-19(24)23-10-4-3-6-15(23)2/h5,7-9,11-12,15H,3-4,6,10,13H2,1-2H3,(H,22,25)/t15-/m1/s1. The number of piperidine rings is 1. The van der Waals surface area contributed by atoms with Crippen LogP contribution in [0.15, 0.2) is 41.0 Å². The molecule has 7 heteroatoms. The molecule has 2 heterocycles. The summed E-state index contributed by atoms with van der Waals surface area (Å²) in [5, 5.41) is 2.71. The maximum absolute atomic E-state index is 12.4. The third-order valence-corrected chi connectivity index (χ3v) is 4.92. The van der Waals surface area contributed by atoms with Gasteiger partial charge in [0.15, 0.2) is 12.4 Å². The molecule has 28 heavy (non-hydrogen) atoms. The summed E-state index contributed by atoms with van der Waals surface area (Å²) in [7, 11) is 0. The van der Waals surface area contributed by atoms with Crippen LogP contribution in [0.1, 0.15) is 52.7 Å². The average molecular weight is 384 g/mol. The van der Waals surface area contributed by atoms with Crippen molar-refractivity contribution >= 4 is 23.5 Å². The van der Waals surface area contributed by atoms with Crippen molar-refractivity contribution < 1.29 is 23.5 Å². The molecule has 2 aromatic rings. The number of hydrogen-bond acceptors (Lipinski definition) is 5. The summed E-state index contributed by atoms with van der Waals surface area (Å²) in [5.74, 6) is -1.02. The molecule has 0 saturated carbocycles. The van der Waals surface area contributed by atoms with Gasteiger partial charge in [-0.15, -0.1) is 0 Å². The van der Waals surface area contributed by atoms with Crippen molar-refractivity contribution in [1.29, 1.82) is 0 Å². The van der Waals surface area contributed by atoms with Gasteiger partial charge in [-0.3, -0.25) is 9.59 Å². The van der Waals surface area contributed by atoms with Gasteiger partial charge in [-0.25, -0.2) is 4.79 Å². The molecule has 1 aromatic carbocycles. The lowest BCUT2D eigenvalue weighted by atomic mass is 10.0. The minimum absolute atomic E-state index is 0.169. The second-order valence-electron chi connectivity index (χ2n) is 6.97. The van der Waals surface area contributed by atoms with Crippen LogP contribution < -0.4 is 5.32 Å². The SMILES string of the molecule is Cc1ccc(C(=O)OCC(=O)N2CCCC[C@H]2C)cc1NC(=O)c1ccco1. The van der Waals surface area contributed by atoms with E-state index < -0.39 is 11.9 Å². The van der Waals surface area contributed by atoms with Gasteiger partial charge in [-0.2, -0.15) is 0 Å². The van der Waals surface area contributed by atoms with Crippen LogP contribution in [0, 0.1) is 6.92 Å². The summed E-state index contributed by atoms with van der Waals surface area (Å²) in [6.07, 6.45) is 4.47. The maximum atomic E-state index is 12.4. The zero-order valence-corrected chi connectivity index (χ0v) is 16.1. The molecule has 1 aliphatic heterocycles. The van der Waals surface area contributed by atoms with Gasteiger partial charge < -0.3 is 19.4 Å². The van der Waals surface area contributed by atoms with E-state index >= 15 is 0 Å². The number of amides is 2. The Morgan fingerprint density at radius 3 is 2.79 bits per heavy atom. The fourth-order valence-electron chi connectivity index (χ4n) is 3.24. The predicted octanol–water partition coefficient (Wildman–Crippen LogP) is 3.40. The molecule has 0 aliphatic carbocycles. The van der Waals surface area contributed by atoms with Crippen LogP contribution in [0.3, 0.4) is 0 Å². The number of carbonyl (C=O) groups excluding carboxylic acids is 3. The molecular formula is C21H24N2O5. The summed E-state index contributed by atoms with van der Waals surface area (Å²) in [6, 6.07) is 8.19. The number of benzene rings is 1. The van der Waals surface area contributed by atoms with Crippen molar-refractivity contribution in [3.63, 3.8) is 0 Å². The average Bonchev–Trinajstić information content (AvgIpc) is 3.23. The first-order chi connectivity index (χ1) is 13.5. The summed E-state index contributed by atoms with van der Waals surface area (Å²) in [6.45, 7) is 4.23. The second kappa shape index (κ2) is 8.73. The fraction of sp³-hybridized carbons (Fsp3) is 0.381. The van der Waals surface area contributed by atoms with Gasteiger partial charge in [0.1, 0.15) is 0 Å². The van der Waals surface area contributed by atoms with E-state index in [1.54, 1.807) is 29.2 Å². The number of anilines is 1. The number of esters is 1. The lowest BCUT2D eigenvalue weighted by Crippen LogP contribution is -2.44. The minimum Gasteiger partial charge on any atom is -0.459 e. The number of aryl methyl sites for hydroxylation is 1. The van der Waals surface area contributed by atoms with Gasteiger partial charge >= 0.3 is 5.97 Å². The largest absolute Gasteiger partial charge is 0.459 e. The molecule has 1 atom stereocenters. The molecule has 1 aliphatic rings. The number of likely N-dealkylation sites (tertiary alicyclic amines) is 1. The number of carbonyl (C=O) groups is 3. The maximum Gasteiger partial charge on any atom is 0.338 e. The smallest absolute Gasteiger partial charge is 0.338 e. The summed E-state index contributed by atoms with van der Waals surface area (Å²) < 4.78 is 10.3. The molecule has 0 radical (unpaired) electrons. The summed E-state index contributed by atoms with van der Waals surface area (Å²) in [5.41, 5.74) is 1.53. The quantitative estimate of drug-likeness (QED) is 0.798. The van der Waals surface area contributed by atoms with Crippen LogP contribution in [0.25, 0.3) is 0 Å². The zero-order valence-electron chi connectivity index (χ0n) is 16.1. The number of nitrogens with one attached hydrogen (secondary N) is 1. The molecule has 0 bridgehead atoms. The highest BCUT2D eigenvalue weighted by Gasteiger charge is 2.24. The third-order valence-electron chi connectivity index (χ3n) is 4.92. The van der Waals surface area contributed by atoms with E-state index in [1.807, 2.05) is 13.8 Å². The molecular weight excluding hydrogens is 360 g/mol. The first kappa shape index (κ1) is 19.7. The van der Waals surface area contributed by atoms with E-state index in [2.05, 4.69) is 5.32 Å². The van der Waals surface area contributed by atoms with Crippen LogP contribution >= 0.6 is 0 Å². The molecule has 1 saturated heterocycles. The van der Waals surface area contributed by atoms with E-state index in [9.17, 15) is 14.4 Å². The third kappa shape index (κ3) is 4.60. The van der Waals surface area contributed by atoms with Gasteiger partial charge in [0, 0.05) is 18.3 Å². The van der Waals surface area contributed by atoms with Crippen LogP contribution in [0.2, 0.25) is 0 Å². The predicted molar refractivity (Wildman–Crippen MR) is 103 cm³/mol. The Balaban J connectivity index is 1.62. The Hall–Kier alpha value is -3.09. The minimum atomic E-state index is -0.605. The van der Waals surface area contributed by atoms with Crippen LogP contribution in [0.5, 0.6) is 0 Å². The Bertz CT molecular complexity index is 860. The molecule has 3 rings (SSSR count).